The molecule has 0 saturated carbocycles. The number of carbonyl (C=O) groups is 1. The van der Waals surface area contributed by atoms with Crippen LogP contribution in [-0.2, 0) is 23.7 Å². The lowest BCUT2D eigenvalue weighted by molar-refractivity contribution is -0.359. The summed E-state index contributed by atoms with van der Waals surface area (Å²) in [6.45, 7) is 2.85. The van der Waals surface area contributed by atoms with Crippen molar-refractivity contribution in [3.63, 3.8) is 0 Å². The molecular formula is C76H145NO13. The van der Waals surface area contributed by atoms with Gasteiger partial charge in [-0.3, -0.25) is 4.79 Å². The zero-order chi connectivity index (χ0) is 65.2. The van der Waals surface area contributed by atoms with Crippen LogP contribution < -0.4 is 5.32 Å². The predicted molar refractivity (Wildman–Crippen MR) is 369 cm³/mol. The van der Waals surface area contributed by atoms with Crippen LogP contribution >= 0.6 is 0 Å². The minimum absolute atomic E-state index is 0.240. The van der Waals surface area contributed by atoms with Crippen LogP contribution in [0.3, 0.4) is 0 Å². The minimum atomic E-state index is -1.79. The first kappa shape index (κ1) is 84.6. The van der Waals surface area contributed by atoms with Crippen LogP contribution in [0.2, 0.25) is 0 Å². The molecule has 9 N–H and O–H groups in total. The van der Waals surface area contributed by atoms with Gasteiger partial charge in [-0.1, -0.05) is 346 Å². The molecule has 12 unspecified atom stereocenters. The molecule has 0 aromatic heterocycles. The van der Waals surface area contributed by atoms with Crippen molar-refractivity contribution in [2.24, 2.45) is 0 Å². The van der Waals surface area contributed by atoms with E-state index in [9.17, 15) is 45.6 Å². The Balaban J connectivity index is 1.65. The molecule has 12 atom stereocenters. The number of carbonyl (C=O) groups excluding carboxylic acids is 1. The van der Waals surface area contributed by atoms with Gasteiger partial charge in [0.15, 0.2) is 12.6 Å². The van der Waals surface area contributed by atoms with E-state index in [0.717, 1.165) is 32.1 Å². The fourth-order valence-electron chi connectivity index (χ4n) is 13.0. The quantitative estimate of drug-likeness (QED) is 0.0204. The molecule has 0 aromatic carbocycles. The van der Waals surface area contributed by atoms with Gasteiger partial charge in [0.25, 0.3) is 0 Å². The lowest BCUT2D eigenvalue weighted by atomic mass is 9.97. The molecule has 1 amide bonds. The number of rotatable bonds is 65. The molecule has 2 aliphatic heterocycles. The summed E-state index contributed by atoms with van der Waals surface area (Å²) in [4.78, 5) is 13.4. The molecule has 2 heterocycles. The molecule has 0 radical (unpaired) electrons. The van der Waals surface area contributed by atoms with Crippen molar-refractivity contribution in [1.29, 1.82) is 0 Å². The molecule has 2 aliphatic rings. The number of hydrogen-bond donors (Lipinski definition) is 9. The van der Waals surface area contributed by atoms with Crippen molar-refractivity contribution in [2.45, 2.75) is 434 Å². The van der Waals surface area contributed by atoms with E-state index in [2.05, 4.69) is 31.3 Å². The number of hydrogen-bond acceptors (Lipinski definition) is 13. The van der Waals surface area contributed by atoms with Crippen molar-refractivity contribution in [3.05, 3.63) is 24.3 Å². The van der Waals surface area contributed by atoms with Gasteiger partial charge in [-0.25, -0.2) is 0 Å². The molecule has 2 rings (SSSR count). The average Bonchev–Trinajstić information content (AvgIpc) is 1.26. The number of nitrogens with one attached hydrogen (secondary N) is 1. The molecule has 2 fully saturated rings. The minimum Gasteiger partial charge on any atom is -0.394 e. The normalized spacial score (nSPS) is 23.0. The average molecular weight is 1280 g/mol. The molecule has 0 aromatic rings. The van der Waals surface area contributed by atoms with Gasteiger partial charge in [0.2, 0.25) is 5.91 Å². The maximum atomic E-state index is 13.4. The maximum Gasteiger partial charge on any atom is 0.220 e. The Morgan fingerprint density at radius 1 is 0.389 bits per heavy atom. The number of aliphatic hydroxyl groups is 8. The highest BCUT2D eigenvalue weighted by Gasteiger charge is 2.51. The summed E-state index contributed by atoms with van der Waals surface area (Å²) in [6, 6.07) is -0.930. The van der Waals surface area contributed by atoms with Gasteiger partial charge in [-0.15, -0.1) is 0 Å². The third-order valence-corrected chi connectivity index (χ3v) is 19.1. The summed E-state index contributed by atoms with van der Waals surface area (Å²) in [7, 11) is 0. The summed E-state index contributed by atoms with van der Waals surface area (Å²) in [5, 5.41) is 87.6. The van der Waals surface area contributed by atoms with Crippen LogP contribution in [0.25, 0.3) is 0 Å². The van der Waals surface area contributed by atoms with Crippen LogP contribution in [0, 0.1) is 0 Å². The van der Waals surface area contributed by atoms with Gasteiger partial charge in [0.05, 0.1) is 32.0 Å². The van der Waals surface area contributed by atoms with Gasteiger partial charge in [-0.2, -0.15) is 0 Å². The van der Waals surface area contributed by atoms with Crippen LogP contribution in [-0.4, -0.2) is 140 Å². The van der Waals surface area contributed by atoms with Crippen molar-refractivity contribution in [3.8, 4) is 0 Å². The Labute approximate surface area is 551 Å². The third kappa shape index (κ3) is 44.3. The van der Waals surface area contributed by atoms with E-state index in [1.165, 1.54) is 295 Å². The van der Waals surface area contributed by atoms with E-state index in [0.29, 0.717) is 12.8 Å². The number of aliphatic hydroxyl groups excluding tert-OH is 8. The lowest BCUT2D eigenvalue weighted by Crippen LogP contribution is -2.65. The number of amides is 1. The molecule has 532 valence electrons. The van der Waals surface area contributed by atoms with Crippen molar-refractivity contribution < 1.29 is 64.6 Å². The van der Waals surface area contributed by atoms with Gasteiger partial charge < -0.3 is 65.1 Å². The van der Waals surface area contributed by atoms with E-state index in [-0.39, 0.29) is 18.9 Å². The largest absolute Gasteiger partial charge is 0.394 e. The Morgan fingerprint density at radius 2 is 0.711 bits per heavy atom. The number of allylic oxidation sites excluding steroid dienone is 3. The third-order valence-electron chi connectivity index (χ3n) is 19.1. The zero-order valence-electron chi connectivity index (χ0n) is 58.2. The number of ether oxygens (including phenoxy) is 4. The fraction of sp³-hybridized carbons (Fsp3) is 0.934. The van der Waals surface area contributed by atoms with Gasteiger partial charge >= 0.3 is 0 Å². The molecule has 14 heteroatoms. The monoisotopic (exact) mass is 1280 g/mol. The van der Waals surface area contributed by atoms with Crippen LogP contribution in [0.1, 0.15) is 361 Å². The first-order chi connectivity index (χ1) is 44.1. The second kappa shape index (κ2) is 61.1. The Morgan fingerprint density at radius 3 is 1.09 bits per heavy atom. The first-order valence-electron chi connectivity index (χ1n) is 38.6. The van der Waals surface area contributed by atoms with Crippen molar-refractivity contribution in [1.82, 2.24) is 5.32 Å². The highest BCUT2D eigenvalue weighted by molar-refractivity contribution is 5.76. The number of unbranched alkanes of at least 4 members (excludes halogenated alkanes) is 50. The van der Waals surface area contributed by atoms with E-state index in [1.807, 2.05) is 6.08 Å². The van der Waals surface area contributed by atoms with Gasteiger partial charge in [0.1, 0.15) is 48.8 Å². The van der Waals surface area contributed by atoms with E-state index in [4.69, 9.17) is 18.9 Å². The highest BCUT2D eigenvalue weighted by Crippen LogP contribution is 2.30. The Kier molecular flexibility index (Phi) is 57.4. The molecule has 2 saturated heterocycles. The summed E-state index contributed by atoms with van der Waals surface area (Å²) in [6.07, 6.45) is 61.2. The van der Waals surface area contributed by atoms with E-state index >= 15 is 0 Å². The van der Waals surface area contributed by atoms with Gasteiger partial charge in [-0.05, 0) is 32.1 Å². The van der Waals surface area contributed by atoms with Crippen LogP contribution in [0.15, 0.2) is 24.3 Å². The van der Waals surface area contributed by atoms with Crippen molar-refractivity contribution >= 4 is 5.91 Å². The van der Waals surface area contributed by atoms with Crippen molar-refractivity contribution in [2.75, 3.05) is 19.8 Å². The molecule has 0 bridgehead atoms. The highest BCUT2D eigenvalue weighted by atomic mass is 16.7. The summed E-state index contributed by atoms with van der Waals surface area (Å²) >= 11 is 0. The maximum absolute atomic E-state index is 13.4. The Hall–Kier alpha value is -1.53. The summed E-state index contributed by atoms with van der Waals surface area (Å²) < 4.78 is 22.9. The van der Waals surface area contributed by atoms with Gasteiger partial charge in [0, 0.05) is 6.42 Å². The molecule has 14 nitrogen and oxygen atoms in total. The second-order valence-corrected chi connectivity index (χ2v) is 27.5. The molecular weight excluding hydrogens is 1130 g/mol. The summed E-state index contributed by atoms with van der Waals surface area (Å²) in [5.74, 6) is -0.240. The Bertz CT molecular complexity index is 1600. The van der Waals surface area contributed by atoms with Crippen LogP contribution in [0.4, 0.5) is 0 Å². The smallest absolute Gasteiger partial charge is 0.220 e. The molecule has 90 heavy (non-hydrogen) atoms. The summed E-state index contributed by atoms with van der Waals surface area (Å²) in [5.41, 5.74) is 0. The molecule has 0 spiro atoms. The fourth-order valence-corrected chi connectivity index (χ4v) is 13.0. The predicted octanol–water partition coefficient (Wildman–Crippen LogP) is 16.7. The molecule has 0 aliphatic carbocycles. The van der Waals surface area contributed by atoms with E-state index < -0.39 is 86.8 Å². The lowest BCUT2D eigenvalue weighted by Gasteiger charge is -2.46. The second-order valence-electron chi connectivity index (χ2n) is 27.5. The topological polar surface area (TPSA) is 228 Å². The van der Waals surface area contributed by atoms with Crippen LogP contribution in [0.5, 0.6) is 0 Å². The zero-order valence-corrected chi connectivity index (χ0v) is 58.2. The SMILES string of the molecule is CCCCCCCCCCCCCCCCCCCCCCC/C=C/CC/C=C/C(O)C(COC1OC(CO)C(OC2OC(CO)C(O)C(O)C2O)C(O)C1O)NC(=O)CCCCCCCCCCCCCCCCCCCCCCCCCCCCCCC. The standard InChI is InChI=1S/C76H145NO13/c1-3-5-7-9-11-13-15-17-19-21-23-25-27-29-31-32-34-36-38-40-42-44-46-48-50-52-54-56-58-60-68(81)77-64(63-87-75-73(86)71(84)74(67(62-79)89-75)90-76-72(85)70(83)69(82)66(61-78)88-76)65(80)59-57-55-53-51-49-47-45-43-41-39-37-35-33-30-28-26-24-22-20-18-16-14-12-10-8-6-4-2/h49,51,57,59,64-67,69-76,78-80,82-86H,3-48,50,52-56,58,60-63H2,1-2H3,(H,77,81)/b51-49+,59-57+. The first-order valence-corrected chi connectivity index (χ1v) is 38.6. The van der Waals surface area contributed by atoms with E-state index in [1.54, 1.807) is 6.08 Å².